The highest BCUT2D eigenvalue weighted by Gasteiger charge is 2.54. The highest BCUT2D eigenvalue weighted by Crippen LogP contribution is 2.49. The van der Waals surface area contributed by atoms with Gasteiger partial charge in [-0.3, -0.25) is 23.2 Å². The van der Waals surface area contributed by atoms with Crippen molar-refractivity contribution >= 4 is 27.6 Å². The van der Waals surface area contributed by atoms with Crippen molar-refractivity contribution < 1.29 is 82.0 Å². The van der Waals surface area contributed by atoms with E-state index in [1.54, 1.807) is 6.08 Å². The first-order valence-electron chi connectivity index (χ1n) is 24.9. The minimum atomic E-state index is -5.39. The largest absolute Gasteiger partial charge is 0.472 e. The number of hydrogen-bond acceptors (Lipinski definition) is 14. The Balaban J connectivity index is 2.67. The molecule has 5 unspecified atom stereocenters. The van der Waals surface area contributed by atoms with Gasteiger partial charge in [-0.25, -0.2) is 9.13 Å². The summed E-state index contributed by atoms with van der Waals surface area (Å²) in [7, 11) is -10.7. The van der Waals surface area contributed by atoms with Gasteiger partial charge >= 0.3 is 27.6 Å². The molecule has 1 rings (SSSR count). The average molecular weight is 1030 g/mol. The maximum absolute atomic E-state index is 13.0. The first-order valence-corrected chi connectivity index (χ1v) is 27.9. The highest BCUT2D eigenvalue weighted by atomic mass is 31.2. The molecule has 0 spiro atoms. The summed E-state index contributed by atoms with van der Waals surface area (Å²) < 4.78 is 49.3. The lowest BCUT2D eigenvalue weighted by Gasteiger charge is -2.43. The van der Waals surface area contributed by atoms with Crippen LogP contribution in [0.5, 0.6) is 0 Å². The molecule has 1 fully saturated rings. The molecule has 9 atom stereocenters. The van der Waals surface area contributed by atoms with Crippen molar-refractivity contribution in [3.05, 3.63) is 97.2 Å². The van der Waals surface area contributed by atoms with E-state index in [1.165, 1.54) is 32.1 Å². The summed E-state index contributed by atoms with van der Waals surface area (Å²) in [6, 6.07) is 0. The van der Waals surface area contributed by atoms with E-state index in [-0.39, 0.29) is 12.8 Å². The fourth-order valence-electron chi connectivity index (χ4n) is 6.79. The molecule has 1 aliphatic rings. The van der Waals surface area contributed by atoms with Crippen molar-refractivity contribution in [3.63, 3.8) is 0 Å². The van der Waals surface area contributed by atoms with E-state index in [9.17, 15) is 58.9 Å². The zero-order valence-electron chi connectivity index (χ0n) is 41.3. The number of aliphatic hydroxyl groups excluding tert-OH is 5. The molecule has 0 bridgehead atoms. The number of ether oxygens (including phenoxy) is 2. The molecule has 0 aromatic heterocycles. The molecule has 0 amide bonds. The average Bonchev–Trinajstić information content (AvgIpc) is 3.31. The number of carbonyl (C=O) groups excluding carboxylic acids is 2. The van der Waals surface area contributed by atoms with E-state index in [2.05, 4.69) is 73.1 Å². The molecule has 0 radical (unpaired) electrons. The van der Waals surface area contributed by atoms with Crippen LogP contribution >= 0.6 is 15.6 Å². The molecule has 17 nitrogen and oxygen atoms in total. The zero-order chi connectivity index (χ0) is 51.9. The van der Waals surface area contributed by atoms with Crippen LogP contribution in [0.3, 0.4) is 0 Å². The lowest BCUT2D eigenvalue weighted by Crippen LogP contribution is -2.64. The van der Waals surface area contributed by atoms with Crippen LogP contribution in [0.4, 0.5) is 0 Å². The van der Waals surface area contributed by atoms with E-state index in [0.717, 1.165) is 57.8 Å². The smallest absolute Gasteiger partial charge is 0.462 e. The van der Waals surface area contributed by atoms with E-state index in [1.807, 2.05) is 36.5 Å². The molecule has 1 saturated carbocycles. The van der Waals surface area contributed by atoms with Gasteiger partial charge in [0.2, 0.25) is 0 Å². The van der Waals surface area contributed by atoms with Crippen LogP contribution in [-0.2, 0) is 41.8 Å². The third kappa shape index (κ3) is 34.3. The second-order valence-electron chi connectivity index (χ2n) is 17.0. The van der Waals surface area contributed by atoms with Crippen molar-refractivity contribution in [1.82, 2.24) is 0 Å². The van der Waals surface area contributed by atoms with Crippen LogP contribution in [-0.4, -0.2) is 114 Å². The monoisotopic (exact) mass is 1030 g/mol. The van der Waals surface area contributed by atoms with Crippen LogP contribution in [0.1, 0.15) is 149 Å². The first kappa shape index (κ1) is 64.9. The van der Waals surface area contributed by atoms with Crippen molar-refractivity contribution in [3.8, 4) is 0 Å². The van der Waals surface area contributed by atoms with Gasteiger partial charge in [-0.1, -0.05) is 143 Å². The number of phosphoric acid groups is 2. The Morgan fingerprint density at radius 2 is 1.01 bits per heavy atom. The van der Waals surface area contributed by atoms with Gasteiger partial charge in [0.15, 0.2) is 6.10 Å². The third-order valence-electron chi connectivity index (χ3n) is 10.7. The quantitative estimate of drug-likeness (QED) is 0.00935. The highest BCUT2D eigenvalue weighted by molar-refractivity contribution is 7.47. The van der Waals surface area contributed by atoms with Crippen LogP contribution in [0.2, 0.25) is 0 Å². The lowest BCUT2D eigenvalue weighted by atomic mass is 9.85. The Labute approximate surface area is 416 Å². The van der Waals surface area contributed by atoms with E-state index in [4.69, 9.17) is 18.5 Å². The molecule has 0 aromatic carbocycles. The Bertz CT molecular complexity index is 1730. The number of unbranched alkanes of at least 4 members (excludes halogenated alkanes) is 10. The summed E-state index contributed by atoms with van der Waals surface area (Å²) in [5, 5.41) is 51.4. The molecular formula is C51H84O17P2. The molecular weight excluding hydrogens is 946 g/mol. The van der Waals surface area contributed by atoms with E-state index < -0.39 is 89.6 Å². The number of aliphatic hydroxyl groups is 5. The Morgan fingerprint density at radius 3 is 1.57 bits per heavy atom. The summed E-state index contributed by atoms with van der Waals surface area (Å²) in [4.78, 5) is 54.3. The van der Waals surface area contributed by atoms with Gasteiger partial charge in [0.25, 0.3) is 0 Å². The Hall–Kier alpha value is -3.12. The van der Waals surface area contributed by atoms with Crippen molar-refractivity contribution in [2.24, 2.45) is 0 Å². The zero-order valence-corrected chi connectivity index (χ0v) is 43.1. The number of phosphoric ester groups is 2. The van der Waals surface area contributed by atoms with E-state index in [0.29, 0.717) is 32.1 Å². The fourth-order valence-corrected chi connectivity index (χ4v) is 8.33. The van der Waals surface area contributed by atoms with Gasteiger partial charge in [-0.05, 0) is 89.9 Å². The predicted molar refractivity (Wildman–Crippen MR) is 270 cm³/mol. The number of carbonyl (C=O) groups is 2. The molecule has 0 saturated heterocycles. The molecule has 19 heteroatoms. The van der Waals surface area contributed by atoms with Crippen LogP contribution in [0, 0.1) is 0 Å². The molecule has 0 aromatic rings. The second kappa shape index (κ2) is 40.4. The number of hydrogen-bond donors (Lipinski definition) is 8. The minimum absolute atomic E-state index is 0.0528. The Morgan fingerprint density at radius 1 is 0.529 bits per heavy atom. The first-order chi connectivity index (χ1) is 33.5. The standard InChI is InChI=1S/C51H84O17P2/c1-3-5-7-9-11-12-13-14-15-16-17-18-19-20-21-22-26-30-34-38-44(53)64-40-43(41-65-70(62,63)68-51-48(57)46(55)47(56)50(49(51)58)67-69(59,60)61)66-45(54)39-35-31-27-23-25-29-33-37-42(52)36-32-28-24-10-8-6-4-2/h11-12,14-15,17-18,20-21,23-24,27-29,32-33,36,42-43,46-52,55-58H,3-10,13,16,19,22,25-26,30-31,34-35,37-41H2,1-2H3,(H,62,63)(H2,59,60,61)/b12-11-,15-14-,18-17-,21-20-,27-23+,28-24-,33-29-,36-32-/t42-,43+,46?,47?,48?,49?,50+,51-/m0/s1. The van der Waals surface area contributed by atoms with Crippen LogP contribution < -0.4 is 0 Å². The number of rotatable bonds is 40. The predicted octanol–water partition coefficient (Wildman–Crippen LogP) is 8.92. The molecule has 400 valence electrons. The normalized spacial score (nSPS) is 22.3. The van der Waals surface area contributed by atoms with Crippen molar-refractivity contribution in [2.75, 3.05) is 13.2 Å². The van der Waals surface area contributed by atoms with E-state index >= 15 is 0 Å². The maximum atomic E-state index is 13.0. The van der Waals surface area contributed by atoms with Gasteiger partial charge in [0, 0.05) is 12.8 Å². The summed E-state index contributed by atoms with van der Waals surface area (Å²) >= 11 is 0. The second-order valence-corrected chi connectivity index (χ2v) is 19.6. The lowest BCUT2D eigenvalue weighted by molar-refractivity contribution is -0.216. The fraction of sp³-hybridized carbons (Fsp3) is 0.647. The van der Waals surface area contributed by atoms with Gasteiger partial charge in [0.1, 0.15) is 43.2 Å². The molecule has 1 aliphatic carbocycles. The van der Waals surface area contributed by atoms with Gasteiger partial charge in [-0.2, -0.15) is 0 Å². The van der Waals surface area contributed by atoms with Crippen LogP contribution in [0.25, 0.3) is 0 Å². The van der Waals surface area contributed by atoms with Gasteiger partial charge < -0.3 is 49.7 Å². The number of esters is 2. The summed E-state index contributed by atoms with van der Waals surface area (Å²) in [5.41, 5.74) is 0. The minimum Gasteiger partial charge on any atom is -0.462 e. The topological polar surface area (TPSA) is 276 Å². The molecule has 0 heterocycles. The SMILES string of the molecule is CCCCC/C=C\C=C/[C@H](O)C/C=C\C/C=C/CCCC(=O)O[C@H](COC(=O)CCCCC/C=C\C/C=C\C/C=C\C/C=C\CCCCC)COP(=O)(O)O[C@H]1C(O)C(O)C(O)[C@@H](OP(=O)(O)O)C1O. The number of allylic oxidation sites excluding steroid dienone is 14. The summed E-state index contributed by atoms with van der Waals surface area (Å²) in [5.74, 6) is -1.36. The van der Waals surface area contributed by atoms with Gasteiger partial charge in [0.05, 0.1) is 12.7 Å². The summed E-state index contributed by atoms with van der Waals surface area (Å²) in [6.45, 7) is 2.90. The van der Waals surface area contributed by atoms with Crippen molar-refractivity contribution in [1.29, 1.82) is 0 Å². The van der Waals surface area contributed by atoms with Crippen LogP contribution in [0.15, 0.2) is 97.2 Å². The molecule has 70 heavy (non-hydrogen) atoms. The third-order valence-corrected chi connectivity index (χ3v) is 12.2. The Kier molecular flexibility index (Phi) is 37.4. The molecule has 8 N–H and O–H groups in total. The summed E-state index contributed by atoms with van der Waals surface area (Å²) in [6.07, 6.45) is 33.8. The van der Waals surface area contributed by atoms with Crippen molar-refractivity contribution in [2.45, 2.75) is 198 Å². The maximum Gasteiger partial charge on any atom is 0.472 e. The molecule has 0 aliphatic heterocycles. The van der Waals surface area contributed by atoms with Gasteiger partial charge in [-0.15, -0.1) is 0 Å².